The molecule has 0 fully saturated rings. The highest BCUT2D eigenvalue weighted by Crippen LogP contribution is 2.52. The average Bonchev–Trinajstić information content (AvgIpc) is 3.53. The minimum atomic E-state index is -0.174. The molecule has 0 atom stereocenters. The van der Waals surface area contributed by atoms with Gasteiger partial charge in [-0.1, -0.05) is 198 Å². The van der Waals surface area contributed by atoms with Crippen LogP contribution in [0.3, 0.4) is 0 Å². The third-order valence-corrected chi connectivity index (χ3v) is 14.7. The summed E-state index contributed by atoms with van der Waals surface area (Å²) >= 11 is 0. The van der Waals surface area contributed by atoms with E-state index in [1.54, 1.807) is 0 Å². The maximum Gasteiger partial charge on any atom is 0.0159 e. The van der Waals surface area contributed by atoms with Gasteiger partial charge in [-0.15, -0.1) is 0 Å². The Bertz CT molecular complexity index is 3830. The molecule has 0 N–H and O–H groups in total. The van der Waals surface area contributed by atoms with E-state index in [4.69, 9.17) is 0 Å². The Morgan fingerprint density at radius 1 is 0.302 bits per heavy atom. The molecular formula is C63H46. The Labute approximate surface area is 368 Å². The van der Waals surface area contributed by atoms with Crippen molar-refractivity contribution in [3.63, 3.8) is 0 Å². The van der Waals surface area contributed by atoms with Crippen LogP contribution in [0.2, 0.25) is 0 Å². The highest BCUT2D eigenvalue weighted by atomic mass is 14.4. The van der Waals surface area contributed by atoms with Crippen molar-refractivity contribution in [1.82, 2.24) is 0 Å². The van der Waals surface area contributed by atoms with Gasteiger partial charge in [-0.3, -0.25) is 0 Å². The van der Waals surface area contributed by atoms with Crippen LogP contribution in [0, 0.1) is 0 Å². The van der Waals surface area contributed by atoms with Gasteiger partial charge in [-0.05, 0) is 167 Å². The third kappa shape index (κ3) is 5.28. The van der Waals surface area contributed by atoms with Crippen LogP contribution >= 0.6 is 0 Å². The molecule has 13 rings (SSSR count). The van der Waals surface area contributed by atoms with Crippen molar-refractivity contribution in [3.05, 3.63) is 205 Å². The van der Waals surface area contributed by atoms with Gasteiger partial charge in [0, 0.05) is 5.41 Å². The van der Waals surface area contributed by atoms with Gasteiger partial charge in [-0.25, -0.2) is 0 Å². The maximum absolute atomic E-state index is 2.48. The van der Waals surface area contributed by atoms with E-state index in [1.807, 2.05) is 0 Å². The number of fused-ring (bicyclic) bond motifs is 3. The lowest BCUT2D eigenvalue weighted by Crippen LogP contribution is -2.15. The summed E-state index contributed by atoms with van der Waals surface area (Å²) in [6.45, 7) is 11.7. The number of rotatable bonds is 4. The van der Waals surface area contributed by atoms with Crippen molar-refractivity contribution in [2.45, 2.75) is 45.4 Å². The number of hydrogen-bond acceptors (Lipinski definition) is 0. The molecule has 298 valence electrons. The van der Waals surface area contributed by atoms with Gasteiger partial charge >= 0.3 is 0 Å². The Kier molecular flexibility index (Phi) is 7.44. The molecule has 0 nitrogen and oxygen atoms in total. The van der Waals surface area contributed by atoms with Crippen molar-refractivity contribution in [3.8, 4) is 55.6 Å². The van der Waals surface area contributed by atoms with E-state index >= 15 is 0 Å². The minimum Gasteiger partial charge on any atom is -0.0616 e. The molecule has 0 unspecified atom stereocenters. The fourth-order valence-electron chi connectivity index (χ4n) is 11.4. The van der Waals surface area contributed by atoms with Crippen molar-refractivity contribution < 1.29 is 0 Å². The van der Waals surface area contributed by atoms with Gasteiger partial charge in [0.05, 0.1) is 0 Å². The van der Waals surface area contributed by atoms with Crippen LogP contribution in [-0.2, 0) is 10.8 Å². The number of benzene rings is 12. The summed E-state index contributed by atoms with van der Waals surface area (Å²) in [5, 5.41) is 15.9. The predicted octanol–water partition coefficient (Wildman–Crippen LogP) is 17.8. The van der Waals surface area contributed by atoms with E-state index < -0.39 is 0 Å². The molecule has 0 aliphatic heterocycles. The van der Waals surface area contributed by atoms with Crippen LogP contribution in [0.5, 0.6) is 0 Å². The first-order valence-corrected chi connectivity index (χ1v) is 22.5. The Balaban J connectivity index is 0.886. The highest BCUT2D eigenvalue weighted by molar-refractivity contribution is 6.27. The van der Waals surface area contributed by atoms with Crippen molar-refractivity contribution >= 4 is 64.6 Å². The first-order valence-electron chi connectivity index (χ1n) is 22.5. The summed E-state index contributed by atoms with van der Waals surface area (Å²) in [7, 11) is 0. The molecule has 0 bridgehead atoms. The first kappa shape index (κ1) is 36.4. The molecule has 1 aliphatic rings. The molecule has 0 heterocycles. The van der Waals surface area contributed by atoms with E-state index in [0.29, 0.717) is 0 Å². The smallest absolute Gasteiger partial charge is 0.0159 e. The minimum absolute atomic E-state index is 0.0918. The molecule has 0 saturated carbocycles. The van der Waals surface area contributed by atoms with Crippen LogP contribution in [0.15, 0.2) is 188 Å². The highest BCUT2D eigenvalue weighted by Gasteiger charge is 2.36. The lowest BCUT2D eigenvalue weighted by atomic mass is 9.80. The Morgan fingerprint density at radius 3 is 1.52 bits per heavy atom. The van der Waals surface area contributed by atoms with Crippen molar-refractivity contribution in [2.24, 2.45) is 0 Å². The Hall–Kier alpha value is -7.28. The summed E-state index contributed by atoms with van der Waals surface area (Å²) in [6, 6.07) is 71.7. The SMILES string of the molecule is CC(C)(C)c1cc2ccc3ccc(-c4cccc(-c5ccc6c(c5)C(C)(C)c5cc(-c7ccccc7-c7cc8cccc9ccc%10cccc7c%10c98)ccc5-6)c4)c4ccc(c1)c2c34. The second-order valence-corrected chi connectivity index (χ2v) is 19.7. The Morgan fingerprint density at radius 2 is 0.778 bits per heavy atom. The monoisotopic (exact) mass is 802 g/mol. The quantitative estimate of drug-likeness (QED) is 0.156. The van der Waals surface area contributed by atoms with E-state index in [-0.39, 0.29) is 10.8 Å². The molecule has 0 heteroatoms. The molecule has 12 aromatic carbocycles. The van der Waals surface area contributed by atoms with Gasteiger partial charge in [0.2, 0.25) is 0 Å². The summed E-state index contributed by atoms with van der Waals surface area (Å²) in [5.74, 6) is 0. The lowest BCUT2D eigenvalue weighted by Gasteiger charge is -2.23. The fraction of sp³-hybridized carbons (Fsp3) is 0.111. The van der Waals surface area contributed by atoms with Crippen LogP contribution in [0.25, 0.3) is 120 Å². The zero-order valence-electron chi connectivity index (χ0n) is 36.4. The van der Waals surface area contributed by atoms with E-state index in [9.17, 15) is 0 Å². The summed E-state index contributed by atoms with van der Waals surface area (Å²) in [4.78, 5) is 0. The van der Waals surface area contributed by atoms with Crippen molar-refractivity contribution in [1.29, 1.82) is 0 Å². The topological polar surface area (TPSA) is 0 Å². The molecular weight excluding hydrogens is 757 g/mol. The standard InChI is InChI=1S/C63H46/c1-62(2,3)47-32-45-22-21-39-23-27-49(54-30-26-46(33-47)59(45)61(39)54)42-14-9-13-40(31-42)41-24-28-51-52-29-25-43(36-57(52)63(4,5)56(51)35-41)48-16-6-7-17-50(48)55-34-44-15-8-11-37-19-20-38-12-10-18-53(55)60(38)58(37)44/h6-36H,1-5H3. The van der Waals surface area contributed by atoms with Gasteiger partial charge < -0.3 is 0 Å². The summed E-state index contributed by atoms with van der Waals surface area (Å²) < 4.78 is 0. The van der Waals surface area contributed by atoms with E-state index in [1.165, 1.54) is 137 Å². The molecule has 63 heavy (non-hydrogen) atoms. The van der Waals surface area contributed by atoms with Crippen molar-refractivity contribution in [2.75, 3.05) is 0 Å². The molecule has 0 amide bonds. The first-order chi connectivity index (χ1) is 30.6. The average molecular weight is 803 g/mol. The zero-order chi connectivity index (χ0) is 42.4. The maximum atomic E-state index is 2.48. The summed E-state index contributed by atoms with van der Waals surface area (Å²) in [6.07, 6.45) is 0. The fourth-order valence-corrected chi connectivity index (χ4v) is 11.4. The third-order valence-electron chi connectivity index (χ3n) is 14.7. The molecule has 0 spiro atoms. The van der Waals surface area contributed by atoms with E-state index in [0.717, 1.165) is 0 Å². The van der Waals surface area contributed by atoms with Gasteiger partial charge in [0.1, 0.15) is 0 Å². The zero-order valence-corrected chi connectivity index (χ0v) is 36.4. The van der Waals surface area contributed by atoms with Crippen LogP contribution < -0.4 is 0 Å². The summed E-state index contributed by atoms with van der Waals surface area (Å²) in [5.41, 5.74) is 16.8. The molecule has 0 saturated heterocycles. The predicted molar refractivity (Wildman–Crippen MR) is 272 cm³/mol. The van der Waals surface area contributed by atoms with Gasteiger partial charge in [0.25, 0.3) is 0 Å². The molecule has 0 radical (unpaired) electrons. The molecule has 12 aromatic rings. The van der Waals surface area contributed by atoms with Crippen LogP contribution in [0.4, 0.5) is 0 Å². The molecule has 1 aliphatic carbocycles. The van der Waals surface area contributed by atoms with Crippen LogP contribution in [-0.4, -0.2) is 0 Å². The van der Waals surface area contributed by atoms with E-state index in [2.05, 4.69) is 223 Å². The lowest BCUT2D eigenvalue weighted by molar-refractivity contribution is 0.591. The molecule has 0 aromatic heterocycles. The normalized spacial score (nSPS) is 13.6. The second-order valence-electron chi connectivity index (χ2n) is 19.7. The van der Waals surface area contributed by atoms with Crippen LogP contribution in [0.1, 0.15) is 51.3 Å². The van der Waals surface area contributed by atoms with Gasteiger partial charge in [-0.2, -0.15) is 0 Å². The second kappa shape index (κ2) is 12.9. The van der Waals surface area contributed by atoms with Gasteiger partial charge in [0.15, 0.2) is 0 Å². The number of hydrogen-bond donors (Lipinski definition) is 0. The largest absolute Gasteiger partial charge is 0.0616 e.